The Bertz CT molecular complexity index is 191. The van der Waals surface area contributed by atoms with Crippen molar-refractivity contribution in [2.45, 2.75) is 32.1 Å². The van der Waals surface area contributed by atoms with Crippen LogP contribution in [-0.2, 0) is 9.53 Å². The van der Waals surface area contributed by atoms with E-state index in [9.17, 15) is 4.79 Å². The molecule has 94 valence electrons. The largest absolute Gasteiger partial charge is 0.385 e. The fourth-order valence-electron chi connectivity index (χ4n) is 1.95. The standard InChI is InChI=1S/C12H24N2O2/c1-16-10-6-2-3-7-13-11-12(15)14-8-4-5-9-14/h13H,2-11H2,1H3. The summed E-state index contributed by atoms with van der Waals surface area (Å²) in [6.07, 6.45) is 5.74. The van der Waals surface area contributed by atoms with E-state index in [0.717, 1.165) is 39.1 Å². The van der Waals surface area contributed by atoms with Gasteiger partial charge in [0.1, 0.15) is 0 Å². The predicted molar refractivity (Wildman–Crippen MR) is 64.4 cm³/mol. The molecule has 0 atom stereocenters. The van der Waals surface area contributed by atoms with E-state index in [1.807, 2.05) is 4.90 Å². The maximum absolute atomic E-state index is 11.6. The van der Waals surface area contributed by atoms with Gasteiger partial charge in [0.05, 0.1) is 6.54 Å². The lowest BCUT2D eigenvalue weighted by atomic mass is 10.2. The van der Waals surface area contributed by atoms with E-state index in [1.54, 1.807) is 7.11 Å². The molecule has 16 heavy (non-hydrogen) atoms. The summed E-state index contributed by atoms with van der Waals surface area (Å²) in [4.78, 5) is 13.6. The van der Waals surface area contributed by atoms with Crippen molar-refractivity contribution in [3.05, 3.63) is 0 Å². The Morgan fingerprint density at radius 2 is 2.00 bits per heavy atom. The van der Waals surface area contributed by atoms with E-state index in [2.05, 4.69) is 5.32 Å². The highest BCUT2D eigenvalue weighted by Crippen LogP contribution is 2.06. The molecule has 0 aromatic carbocycles. The van der Waals surface area contributed by atoms with Gasteiger partial charge >= 0.3 is 0 Å². The van der Waals surface area contributed by atoms with Gasteiger partial charge in [0.15, 0.2) is 0 Å². The Labute approximate surface area is 98.3 Å². The molecule has 1 aliphatic heterocycles. The molecule has 0 saturated carbocycles. The highest BCUT2D eigenvalue weighted by molar-refractivity contribution is 5.78. The third kappa shape index (κ3) is 5.47. The van der Waals surface area contributed by atoms with Gasteiger partial charge in [-0.3, -0.25) is 4.79 Å². The van der Waals surface area contributed by atoms with Gasteiger partial charge in [-0.1, -0.05) is 0 Å². The average Bonchev–Trinajstić information content (AvgIpc) is 2.81. The molecule has 1 rings (SSSR count). The van der Waals surface area contributed by atoms with Gasteiger partial charge in [0.2, 0.25) is 5.91 Å². The second-order valence-electron chi connectivity index (χ2n) is 4.32. The monoisotopic (exact) mass is 228 g/mol. The van der Waals surface area contributed by atoms with Crippen molar-refractivity contribution in [3.63, 3.8) is 0 Å². The lowest BCUT2D eigenvalue weighted by molar-refractivity contribution is -0.129. The predicted octanol–water partition coefficient (Wildman–Crippen LogP) is 1.02. The number of rotatable bonds is 8. The number of carbonyl (C=O) groups excluding carboxylic acids is 1. The van der Waals surface area contributed by atoms with Crippen LogP contribution in [0.3, 0.4) is 0 Å². The van der Waals surface area contributed by atoms with E-state index in [4.69, 9.17) is 4.74 Å². The van der Waals surface area contributed by atoms with Crippen molar-refractivity contribution >= 4 is 5.91 Å². The van der Waals surface area contributed by atoms with Crippen LogP contribution in [0.1, 0.15) is 32.1 Å². The fraction of sp³-hybridized carbons (Fsp3) is 0.917. The summed E-state index contributed by atoms with van der Waals surface area (Å²) in [5.74, 6) is 0.259. The number of amides is 1. The molecule has 0 radical (unpaired) electrons. The second kappa shape index (κ2) is 8.53. The maximum atomic E-state index is 11.6. The SMILES string of the molecule is COCCCCCNCC(=O)N1CCCC1. The van der Waals surface area contributed by atoms with Crippen molar-refractivity contribution in [3.8, 4) is 0 Å². The van der Waals surface area contributed by atoms with Gasteiger partial charge in [-0.25, -0.2) is 0 Å². The molecule has 1 aliphatic rings. The van der Waals surface area contributed by atoms with Crippen molar-refractivity contribution in [2.24, 2.45) is 0 Å². The molecular formula is C12H24N2O2. The lowest BCUT2D eigenvalue weighted by Gasteiger charge is -2.15. The van der Waals surface area contributed by atoms with Crippen LogP contribution < -0.4 is 5.32 Å². The topological polar surface area (TPSA) is 41.6 Å². The molecule has 4 heteroatoms. The summed E-state index contributed by atoms with van der Waals surface area (Å²) in [6.45, 7) is 4.18. The number of hydrogen-bond acceptors (Lipinski definition) is 3. The molecule has 0 aliphatic carbocycles. The van der Waals surface area contributed by atoms with Crippen LogP contribution in [0.4, 0.5) is 0 Å². The molecule has 0 unspecified atom stereocenters. The van der Waals surface area contributed by atoms with Crippen LogP contribution in [0.15, 0.2) is 0 Å². The van der Waals surface area contributed by atoms with E-state index in [0.29, 0.717) is 6.54 Å². The van der Waals surface area contributed by atoms with Crippen molar-refractivity contribution in [1.29, 1.82) is 0 Å². The Morgan fingerprint density at radius 1 is 1.25 bits per heavy atom. The van der Waals surface area contributed by atoms with E-state index in [1.165, 1.54) is 19.3 Å². The number of unbranched alkanes of at least 4 members (excludes halogenated alkanes) is 2. The molecule has 0 bridgehead atoms. The molecule has 4 nitrogen and oxygen atoms in total. The van der Waals surface area contributed by atoms with E-state index in [-0.39, 0.29) is 5.91 Å². The quantitative estimate of drug-likeness (QED) is 0.631. The first kappa shape index (κ1) is 13.5. The van der Waals surface area contributed by atoms with Crippen LogP contribution in [-0.4, -0.2) is 50.7 Å². The van der Waals surface area contributed by atoms with Crippen LogP contribution in [0.25, 0.3) is 0 Å². The van der Waals surface area contributed by atoms with Crippen molar-refractivity contribution in [2.75, 3.05) is 39.9 Å². The number of likely N-dealkylation sites (tertiary alicyclic amines) is 1. The van der Waals surface area contributed by atoms with Crippen molar-refractivity contribution in [1.82, 2.24) is 10.2 Å². The van der Waals surface area contributed by atoms with E-state index >= 15 is 0 Å². The molecule has 1 amide bonds. The zero-order chi connectivity index (χ0) is 11.6. The second-order valence-corrected chi connectivity index (χ2v) is 4.32. The molecule has 1 N–H and O–H groups in total. The lowest BCUT2D eigenvalue weighted by Crippen LogP contribution is -2.36. The molecule has 1 heterocycles. The Kier molecular flexibility index (Phi) is 7.17. The number of methoxy groups -OCH3 is 1. The summed E-state index contributed by atoms with van der Waals surface area (Å²) in [5, 5.41) is 3.21. The number of nitrogens with zero attached hydrogens (tertiary/aromatic N) is 1. The van der Waals surface area contributed by atoms with Gasteiger partial charge in [0.25, 0.3) is 0 Å². The minimum absolute atomic E-state index is 0.259. The normalized spacial score (nSPS) is 15.7. The molecule has 1 fully saturated rings. The van der Waals surface area contributed by atoms with Gasteiger partial charge in [-0.2, -0.15) is 0 Å². The van der Waals surface area contributed by atoms with Crippen LogP contribution in [0.5, 0.6) is 0 Å². The highest BCUT2D eigenvalue weighted by Gasteiger charge is 2.16. The van der Waals surface area contributed by atoms with Gasteiger partial charge in [0, 0.05) is 26.8 Å². The van der Waals surface area contributed by atoms with Gasteiger partial charge in [-0.15, -0.1) is 0 Å². The Hall–Kier alpha value is -0.610. The molecular weight excluding hydrogens is 204 g/mol. The van der Waals surface area contributed by atoms with Crippen LogP contribution in [0.2, 0.25) is 0 Å². The number of carbonyl (C=O) groups is 1. The summed E-state index contributed by atoms with van der Waals surface area (Å²) in [7, 11) is 1.73. The zero-order valence-corrected chi connectivity index (χ0v) is 10.3. The summed E-state index contributed by atoms with van der Waals surface area (Å²) in [6, 6.07) is 0. The molecule has 1 saturated heterocycles. The Balaban J connectivity index is 1.88. The summed E-state index contributed by atoms with van der Waals surface area (Å²) in [5.41, 5.74) is 0. The van der Waals surface area contributed by atoms with Gasteiger partial charge < -0.3 is 15.0 Å². The summed E-state index contributed by atoms with van der Waals surface area (Å²) < 4.78 is 4.97. The first-order valence-electron chi connectivity index (χ1n) is 6.32. The number of nitrogens with one attached hydrogen (secondary N) is 1. The minimum Gasteiger partial charge on any atom is -0.385 e. The average molecular weight is 228 g/mol. The van der Waals surface area contributed by atoms with Gasteiger partial charge in [-0.05, 0) is 38.6 Å². The Morgan fingerprint density at radius 3 is 2.69 bits per heavy atom. The first-order chi connectivity index (χ1) is 7.84. The minimum atomic E-state index is 0.259. The highest BCUT2D eigenvalue weighted by atomic mass is 16.5. The smallest absolute Gasteiger partial charge is 0.236 e. The number of ether oxygens (including phenoxy) is 1. The molecule has 0 aromatic rings. The third-order valence-corrected chi connectivity index (χ3v) is 2.94. The summed E-state index contributed by atoms with van der Waals surface area (Å²) >= 11 is 0. The fourth-order valence-corrected chi connectivity index (χ4v) is 1.95. The maximum Gasteiger partial charge on any atom is 0.236 e. The van der Waals surface area contributed by atoms with Crippen LogP contribution in [0, 0.1) is 0 Å². The zero-order valence-electron chi connectivity index (χ0n) is 10.3. The van der Waals surface area contributed by atoms with Crippen molar-refractivity contribution < 1.29 is 9.53 Å². The first-order valence-corrected chi connectivity index (χ1v) is 6.32. The molecule has 0 aromatic heterocycles. The number of hydrogen-bond donors (Lipinski definition) is 1. The third-order valence-electron chi connectivity index (χ3n) is 2.94. The van der Waals surface area contributed by atoms with Crippen LogP contribution >= 0.6 is 0 Å². The van der Waals surface area contributed by atoms with E-state index < -0.39 is 0 Å². The molecule has 0 spiro atoms.